The largest absolute Gasteiger partial charge is 0.489 e. The Morgan fingerprint density at radius 2 is 1.88 bits per heavy atom. The second-order valence-electron chi connectivity index (χ2n) is 7.83. The van der Waals surface area contributed by atoms with Gasteiger partial charge in [-0.05, 0) is 49.1 Å². The number of likely N-dealkylation sites (tertiary alicyclic amines) is 1. The molecular formula is C26H29NO5. The summed E-state index contributed by atoms with van der Waals surface area (Å²) in [7, 11) is 0. The van der Waals surface area contributed by atoms with E-state index in [1.165, 1.54) is 6.42 Å². The van der Waals surface area contributed by atoms with E-state index in [0.717, 1.165) is 42.6 Å². The number of hydrogen-bond donors (Lipinski definition) is 1. The van der Waals surface area contributed by atoms with Crippen LogP contribution in [0.4, 0.5) is 0 Å². The predicted octanol–water partition coefficient (Wildman–Crippen LogP) is 4.50. The van der Waals surface area contributed by atoms with Crippen molar-refractivity contribution in [3.05, 3.63) is 65.2 Å². The molecule has 6 heteroatoms. The van der Waals surface area contributed by atoms with Crippen LogP contribution in [0.2, 0.25) is 0 Å². The molecule has 0 bridgehead atoms. The lowest BCUT2D eigenvalue weighted by Crippen LogP contribution is -2.35. The third-order valence-electron chi connectivity index (χ3n) is 5.53. The van der Waals surface area contributed by atoms with Crippen LogP contribution < -0.4 is 4.74 Å². The minimum Gasteiger partial charge on any atom is -0.489 e. The molecule has 6 nitrogen and oxygen atoms in total. The number of rotatable bonds is 10. The van der Waals surface area contributed by atoms with Gasteiger partial charge < -0.3 is 14.6 Å². The van der Waals surface area contributed by atoms with Gasteiger partial charge in [-0.25, -0.2) is 0 Å². The topological polar surface area (TPSA) is 76.1 Å². The van der Waals surface area contributed by atoms with Crippen molar-refractivity contribution in [1.82, 2.24) is 4.90 Å². The van der Waals surface area contributed by atoms with Crippen molar-refractivity contribution in [3.63, 3.8) is 0 Å². The zero-order valence-electron chi connectivity index (χ0n) is 18.3. The van der Waals surface area contributed by atoms with E-state index in [1.807, 2.05) is 48.5 Å². The number of carboxylic acid groups (broad SMARTS) is 1. The summed E-state index contributed by atoms with van der Waals surface area (Å²) in [6.45, 7) is 4.42. The van der Waals surface area contributed by atoms with Crippen molar-refractivity contribution in [2.24, 2.45) is 0 Å². The average molecular weight is 436 g/mol. The van der Waals surface area contributed by atoms with E-state index >= 15 is 0 Å². The Labute approximate surface area is 189 Å². The van der Waals surface area contributed by atoms with Crippen molar-refractivity contribution in [1.29, 1.82) is 0 Å². The highest BCUT2D eigenvalue weighted by Gasteiger charge is 2.23. The first-order valence-electron chi connectivity index (χ1n) is 10.9. The Hall–Kier alpha value is -3.30. The fourth-order valence-electron chi connectivity index (χ4n) is 3.98. The molecule has 2 aromatic rings. The van der Waals surface area contributed by atoms with Gasteiger partial charge in [0.1, 0.15) is 12.4 Å². The third kappa shape index (κ3) is 6.60. The highest BCUT2D eigenvalue weighted by atomic mass is 16.5. The Morgan fingerprint density at radius 1 is 1.12 bits per heavy atom. The minimum atomic E-state index is -0.876. The van der Waals surface area contributed by atoms with Crippen LogP contribution in [0, 0.1) is 11.8 Å². The van der Waals surface area contributed by atoms with Crippen molar-refractivity contribution in [2.45, 2.75) is 51.4 Å². The highest BCUT2D eigenvalue weighted by Crippen LogP contribution is 2.27. The Kier molecular flexibility index (Phi) is 8.70. The van der Waals surface area contributed by atoms with Gasteiger partial charge in [0.05, 0.1) is 12.3 Å². The summed E-state index contributed by atoms with van der Waals surface area (Å²) >= 11 is 0. The molecule has 32 heavy (non-hydrogen) atoms. The molecule has 0 spiro atoms. The third-order valence-corrected chi connectivity index (χ3v) is 5.53. The molecule has 2 atom stereocenters. The van der Waals surface area contributed by atoms with Crippen LogP contribution in [0.1, 0.15) is 61.4 Å². The Bertz CT molecular complexity index is 954. The van der Waals surface area contributed by atoms with E-state index in [0.29, 0.717) is 18.8 Å². The first kappa shape index (κ1) is 23.4. The summed E-state index contributed by atoms with van der Waals surface area (Å²) in [4.78, 5) is 24.4. The van der Waals surface area contributed by atoms with Crippen LogP contribution in [0.25, 0.3) is 0 Å². The summed E-state index contributed by atoms with van der Waals surface area (Å²) in [6, 6.07) is 15.3. The number of carbonyl (C=O) groups is 2. The smallest absolute Gasteiger partial charge is 0.304 e. The Morgan fingerprint density at radius 3 is 2.53 bits per heavy atom. The number of ether oxygens (including phenoxy) is 2. The lowest BCUT2D eigenvalue weighted by atomic mass is 9.96. The van der Waals surface area contributed by atoms with Gasteiger partial charge in [0.25, 0.3) is 6.47 Å². The molecule has 168 valence electrons. The zero-order valence-corrected chi connectivity index (χ0v) is 18.3. The fourth-order valence-corrected chi connectivity index (χ4v) is 3.98. The van der Waals surface area contributed by atoms with Gasteiger partial charge in [0.15, 0.2) is 6.23 Å². The lowest BCUT2D eigenvalue weighted by molar-refractivity contribution is -0.145. The average Bonchev–Trinajstić information content (AvgIpc) is 2.82. The summed E-state index contributed by atoms with van der Waals surface area (Å²) in [5.74, 6) is 5.22. The van der Waals surface area contributed by atoms with E-state index in [2.05, 4.69) is 16.7 Å². The van der Waals surface area contributed by atoms with Gasteiger partial charge in [-0.2, -0.15) is 0 Å². The molecule has 0 aromatic heterocycles. The molecule has 0 amide bonds. The summed E-state index contributed by atoms with van der Waals surface area (Å²) < 4.78 is 11.4. The minimum absolute atomic E-state index is 0.0329. The molecule has 1 heterocycles. The summed E-state index contributed by atoms with van der Waals surface area (Å²) in [5, 5.41) is 9.09. The van der Waals surface area contributed by atoms with Crippen LogP contribution in [-0.4, -0.2) is 35.5 Å². The van der Waals surface area contributed by atoms with Crippen molar-refractivity contribution in [2.75, 3.05) is 13.1 Å². The van der Waals surface area contributed by atoms with Crippen molar-refractivity contribution in [3.8, 4) is 17.6 Å². The van der Waals surface area contributed by atoms with Gasteiger partial charge >= 0.3 is 5.97 Å². The molecule has 1 saturated heterocycles. The molecular weight excluding hydrogens is 406 g/mol. The van der Waals surface area contributed by atoms with Crippen molar-refractivity contribution < 1.29 is 24.2 Å². The van der Waals surface area contributed by atoms with Crippen LogP contribution in [0.5, 0.6) is 5.75 Å². The van der Waals surface area contributed by atoms with Gasteiger partial charge in [-0.3, -0.25) is 14.5 Å². The molecule has 1 aliphatic heterocycles. The van der Waals surface area contributed by atoms with Gasteiger partial charge in [-0.15, -0.1) is 5.92 Å². The maximum atomic E-state index is 11.1. The first-order chi connectivity index (χ1) is 15.6. The quantitative estimate of drug-likeness (QED) is 0.437. The number of carbonyl (C=O) groups excluding carboxylic acids is 1. The number of nitrogens with zero attached hydrogens (tertiary/aromatic N) is 1. The monoisotopic (exact) mass is 435 g/mol. The van der Waals surface area contributed by atoms with E-state index < -0.39 is 5.97 Å². The molecule has 0 saturated carbocycles. The second-order valence-corrected chi connectivity index (χ2v) is 7.83. The molecule has 1 N–H and O–H groups in total. The van der Waals surface area contributed by atoms with E-state index in [4.69, 9.17) is 14.6 Å². The first-order valence-corrected chi connectivity index (χ1v) is 10.9. The maximum Gasteiger partial charge on any atom is 0.304 e. The van der Waals surface area contributed by atoms with E-state index in [1.54, 1.807) is 6.92 Å². The van der Waals surface area contributed by atoms with Gasteiger partial charge in [0, 0.05) is 18.7 Å². The maximum absolute atomic E-state index is 11.1. The molecule has 1 fully saturated rings. The van der Waals surface area contributed by atoms with Crippen molar-refractivity contribution >= 4 is 12.4 Å². The summed E-state index contributed by atoms with van der Waals surface area (Å²) in [5.41, 5.74) is 2.76. The van der Waals surface area contributed by atoms with Gasteiger partial charge in [0.2, 0.25) is 0 Å². The SMILES string of the molecule is CC#C[C@@H](CC(=O)O)c1ccc(OCc2cccc(C(OC=O)N3CCCCC3)c2)cc1. The van der Waals surface area contributed by atoms with Crippen LogP contribution in [0.3, 0.4) is 0 Å². The molecule has 1 aliphatic rings. The van der Waals surface area contributed by atoms with Gasteiger partial charge in [-0.1, -0.05) is 42.7 Å². The number of aliphatic carboxylic acids is 1. The normalized spacial score (nSPS) is 15.7. The molecule has 0 radical (unpaired) electrons. The zero-order chi connectivity index (χ0) is 22.8. The number of benzene rings is 2. The van der Waals surface area contributed by atoms with E-state index in [-0.39, 0.29) is 18.6 Å². The molecule has 0 aliphatic carbocycles. The number of piperidine rings is 1. The molecule has 3 rings (SSSR count). The Balaban J connectivity index is 1.66. The van der Waals surface area contributed by atoms with Crippen LogP contribution in [0.15, 0.2) is 48.5 Å². The summed E-state index contributed by atoms with van der Waals surface area (Å²) in [6.07, 6.45) is 3.01. The predicted molar refractivity (Wildman–Crippen MR) is 121 cm³/mol. The number of carboxylic acids is 1. The number of hydrogen-bond acceptors (Lipinski definition) is 5. The van der Waals surface area contributed by atoms with Crippen LogP contribution >= 0.6 is 0 Å². The molecule has 2 aromatic carbocycles. The van der Waals surface area contributed by atoms with E-state index in [9.17, 15) is 9.59 Å². The lowest BCUT2D eigenvalue weighted by Gasteiger charge is -2.33. The highest BCUT2D eigenvalue weighted by molar-refractivity contribution is 5.69. The second kappa shape index (κ2) is 11.9. The fraction of sp³-hybridized carbons (Fsp3) is 0.385. The molecule has 1 unspecified atom stereocenters. The van der Waals surface area contributed by atoms with Crippen LogP contribution in [-0.2, 0) is 20.9 Å². The standard InChI is InChI=1S/C26H29NO5/c1-2-7-22(17-25(29)30)21-10-12-24(13-11-21)31-18-20-8-6-9-23(16-20)26(32-19-28)27-14-4-3-5-15-27/h6,8-13,16,19,22,26H,3-5,14-15,17-18H2,1H3,(H,29,30)/t22-,26?/m0/s1.